The van der Waals surface area contributed by atoms with Gasteiger partial charge in [0.15, 0.2) is 0 Å². The highest BCUT2D eigenvalue weighted by Crippen LogP contribution is 2.11. The van der Waals surface area contributed by atoms with Gasteiger partial charge >= 0.3 is 0 Å². The van der Waals surface area contributed by atoms with Crippen LogP contribution in [0.5, 0.6) is 0 Å². The van der Waals surface area contributed by atoms with Crippen molar-refractivity contribution < 1.29 is 5.11 Å². The summed E-state index contributed by atoms with van der Waals surface area (Å²) in [6.07, 6.45) is 3.18. The van der Waals surface area contributed by atoms with Gasteiger partial charge in [-0.3, -0.25) is 4.99 Å². The molecule has 0 saturated carbocycles. The molecule has 0 heterocycles. The molecule has 0 fully saturated rings. The lowest BCUT2D eigenvalue weighted by Crippen LogP contribution is -1.81. The number of rotatable bonds is 3. The van der Waals surface area contributed by atoms with E-state index in [1.54, 1.807) is 12.3 Å². The van der Waals surface area contributed by atoms with Gasteiger partial charge in [-0.05, 0) is 18.2 Å². The van der Waals surface area contributed by atoms with Gasteiger partial charge in [-0.25, -0.2) is 0 Å². The molecule has 84 valence electrons. The average Bonchev–Trinajstić information content (AvgIpc) is 2.41. The van der Waals surface area contributed by atoms with Gasteiger partial charge in [0, 0.05) is 11.8 Å². The van der Waals surface area contributed by atoms with Gasteiger partial charge in [0.1, 0.15) is 5.76 Å². The number of benzene rings is 2. The molecule has 0 spiro atoms. The Labute approximate surface area is 101 Å². The first-order valence-corrected chi connectivity index (χ1v) is 5.40. The van der Waals surface area contributed by atoms with E-state index in [1.807, 2.05) is 60.7 Å². The molecule has 2 aromatic rings. The third-order valence-corrected chi connectivity index (χ3v) is 2.28. The summed E-state index contributed by atoms with van der Waals surface area (Å²) in [6.45, 7) is 0. The normalized spacial score (nSPS) is 11.9. The molecule has 2 rings (SSSR count). The van der Waals surface area contributed by atoms with Gasteiger partial charge in [0.2, 0.25) is 0 Å². The Morgan fingerprint density at radius 2 is 1.47 bits per heavy atom. The Morgan fingerprint density at radius 1 is 0.882 bits per heavy atom. The van der Waals surface area contributed by atoms with Crippen LogP contribution in [0.1, 0.15) is 5.56 Å². The Morgan fingerprint density at radius 3 is 2.12 bits per heavy atom. The van der Waals surface area contributed by atoms with Crippen molar-refractivity contribution in [3.05, 3.63) is 72.3 Å². The van der Waals surface area contributed by atoms with Crippen LogP contribution in [-0.4, -0.2) is 11.3 Å². The van der Waals surface area contributed by atoms with Crippen LogP contribution in [0.4, 0.5) is 5.69 Å². The van der Waals surface area contributed by atoms with E-state index in [-0.39, 0.29) is 5.76 Å². The van der Waals surface area contributed by atoms with Crippen LogP contribution in [0.2, 0.25) is 0 Å². The Bertz CT molecular complexity index is 515. The number of nitrogens with zero attached hydrogens (tertiary/aromatic N) is 1. The van der Waals surface area contributed by atoms with Crippen molar-refractivity contribution in [2.45, 2.75) is 0 Å². The summed E-state index contributed by atoms with van der Waals surface area (Å²) in [7, 11) is 0. The maximum Gasteiger partial charge on any atom is 0.124 e. The minimum atomic E-state index is 0.213. The molecular weight excluding hydrogens is 210 g/mol. The second-order valence-electron chi connectivity index (χ2n) is 3.53. The van der Waals surface area contributed by atoms with E-state index in [0.717, 1.165) is 11.3 Å². The van der Waals surface area contributed by atoms with Gasteiger partial charge < -0.3 is 5.11 Å². The molecular formula is C15H13NO. The lowest BCUT2D eigenvalue weighted by Gasteiger charge is -1.97. The van der Waals surface area contributed by atoms with E-state index in [0.29, 0.717) is 0 Å². The maximum atomic E-state index is 9.77. The first kappa shape index (κ1) is 11.1. The van der Waals surface area contributed by atoms with Crippen molar-refractivity contribution in [2.24, 2.45) is 4.99 Å². The minimum Gasteiger partial charge on any atom is -0.507 e. The number of hydrogen-bond donors (Lipinski definition) is 1. The summed E-state index contributed by atoms with van der Waals surface area (Å²) in [5, 5.41) is 9.77. The van der Waals surface area contributed by atoms with Gasteiger partial charge in [0.05, 0.1) is 5.69 Å². The lowest BCUT2D eigenvalue weighted by molar-refractivity contribution is 0.512. The number of aliphatic hydroxyl groups is 1. The number of aliphatic imine (C=N–C) groups is 1. The summed E-state index contributed by atoms with van der Waals surface area (Å²) >= 11 is 0. The van der Waals surface area contributed by atoms with E-state index in [2.05, 4.69) is 4.99 Å². The minimum absolute atomic E-state index is 0.213. The smallest absolute Gasteiger partial charge is 0.124 e. The topological polar surface area (TPSA) is 32.6 Å². The van der Waals surface area contributed by atoms with Crippen LogP contribution >= 0.6 is 0 Å². The van der Waals surface area contributed by atoms with Crippen molar-refractivity contribution in [2.75, 3.05) is 0 Å². The van der Waals surface area contributed by atoms with Crippen molar-refractivity contribution in [1.82, 2.24) is 0 Å². The SMILES string of the molecule is OC(=CC=Nc1ccccc1)c1ccccc1. The van der Waals surface area contributed by atoms with E-state index in [1.165, 1.54) is 0 Å². The Kier molecular flexibility index (Phi) is 3.71. The molecule has 17 heavy (non-hydrogen) atoms. The predicted octanol–water partition coefficient (Wildman–Crippen LogP) is 3.99. The Balaban J connectivity index is 2.09. The zero-order valence-corrected chi connectivity index (χ0v) is 9.32. The molecule has 0 atom stereocenters. The summed E-state index contributed by atoms with van der Waals surface area (Å²) in [5.74, 6) is 0.213. The van der Waals surface area contributed by atoms with Crippen LogP contribution in [0.3, 0.4) is 0 Å². The molecule has 0 unspecified atom stereocenters. The van der Waals surface area contributed by atoms with Gasteiger partial charge in [0.25, 0.3) is 0 Å². The summed E-state index contributed by atoms with van der Waals surface area (Å²) in [4.78, 5) is 4.21. The molecule has 0 saturated heterocycles. The highest BCUT2D eigenvalue weighted by Gasteiger charge is 1.94. The molecule has 2 nitrogen and oxygen atoms in total. The van der Waals surface area contributed by atoms with Crippen LogP contribution in [0.15, 0.2) is 71.7 Å². The molecule has 2 heteroatoms. The molecule has 0 aliphatic heterocycles. The summed E-state index contributed by atoms with van der Waals surface area (Å²) < 4.78 is 0. The zero-order valence-electron chi connectivity index (χ0n) is 9.32. The molecule has 2 aromatic carbocycles. The first-order valence-electron chi connectivity index (χ1n) is 5.40. The van der Waals surface area contributed by atoms with Gasteiger partial charge in [-0.2, -0.15) is 0 Å². The molecule has 0 bridgehead atoms. The van der Waals surface area contributed by atoms with E-state index >= 15 is 0 Å². The van der Waals surface area contributed by atoms with E-state index in [9.17, 15) is 5.11 Å². The van der Waals surface area contributed by atoms with E-state index in [4.69, 9.17) is 0 Å². The molecule has 0 radical (unpaired) electrons. The van der Waals surface area contributed by atoms with Crippen LogP contribution in [0.25, 0.3) is 5.76 Å². The highest BCUT2D eigenvalue weighted by atomic mass is 16.3. The van der Waals surface area contributed by atoms with Crippen molar-refractivity contribution in [3.8, 4) is 0 Å². The second kappa shape index (κ2) is 5.66. The molecule has 0 aromatic heterocycles. The zero-order chi connectivity index (χ0) is 11.9. The molecule has 0 aliphatic carbocycles. The lowest BCUT2D eigenvalue weighted by atomic mass is 10.2. The van der Waals surface area contributed by atoms with Crippen molar-refractivity contribution >= 4 is 17.7 Å². The number of para-hydroxylation sites is 1. The first-order chi connectivity index (χ1) is 8.36. The number of allylic oxidation sites excluding steroid dienone is 1. The van der Waals surface area contributed by atoms with Crippen molar-refractivity contribution in [1.29, 1.82) is 0 Å². The third kappa shape index (κ3) is 3.31. The highest BCUT2D eigenvalue weighted by molar-refractivity contribution is 5.83. The quantitative estimate of drug-likeness (QED) is 0.619. The fraction of sp³-hybridized carbons (Fsp3) is 0. The summed E-state index contributed by atoms with van der Waals surface area (Å²) in [5.41, 5.74) is 1.65. The number of aliphatic hydroxyl groups excluding tert-OH is 1. The van der Waals surface area contributed by atoms with Crippen molar-refractivity contribution in [3.63, 3.8) is 0 Å². The molecule has 0 amide bonds. The van der Waals surface area contributed by atoms with E-state index < -0.39 is 0 Å². The second-order valence-corrected chi connectivity index (χ2v) is 3.53. The van der Waals surface area contributed by atoms with Crippen LogP contribution in [-0.2, 0) is 0 Å². The molecule has 1 N–H and O–H groups in total. The van der Waals surface area contributed by atoms with Gasteiger partial charge in [-0.1, -0.05) is 48.5 Å². The fourth-order valence-electron chi connectivity index (χ4n) is 1.41. The van der Waals surface area contributed by atoms with Gasteiger partial charge in [-0.15, -0.1) is 0 Å². The monoisotopic (exact) mass is 223 g/mol. The van der Waals surface area contributed by atoms with Crippen LogP contribution < -0.4 is 0 Å². The largest absolute Gasteiger partial charge is 0.507 e. The average molecular weight is 223 g/mol. The third-order valence-electron chi connectivity index (χ3n) is 2.28. The molecule has 0 aliphatic rings. The summed E-state index contributed by atoms with van der Waals surface area (Å²) in [6, 6.07) is 19.0. The predicted molar refractivity (Wildman–Crippen MR) is 71.6 cm³/mol. The maximum absolute atomic E-state index is 9.77. The number of hydrogen-bond acceptors (Lipinski definition) is 2. The van der Waals surface area contributed by atoms with Crippen LogP contribution in [0, 0.1) is 0 Å². The fourth-order valence-corrected chi connectivity index (χ4v) is 1.41. The Hall–Kier alpha value is -2.35. The standard InChI is InChI=1S/C15H13NO/c17-15(13-7-3-1-4-8-13)11-12-16-14-9-5-2-6-10-14/h1-12,17H.